The molecule has 0 radical (unpaired) electrons. The summed E-state index contributed by atoms with van der Waals surface area (Å²) in [6.45, 7) is 1.47. The van der Waals surface area contributed by atoms with Crippen molar-refractivity contribution < 1.29 is 9.59 Å². The van der Waals surface area contributed by atoms with Gasteiger partial charge in [0.15, 0.2) is 0 Å². The van der Waals surface area contributed by atoms with Crippen molar-refractivity contribution in [2.24, 2.45) is 5.92 Å². The molecule has 1 fully saturated rings. The van der Waals surface area contributed by atoms with Crippen LogP contribution in [0.25, 0.3) is 0 Å². The number of piperidine rings is 1. The summed E-state index contributed by atoms with van der Waals surface area (Å²) in [6.07, 6.45) is 4.67. The number of hydrazine groups is 1. The van der Waals surface area contributed by atoms with Crippen molar-refractivity contribution in [3.63, 3.8) is 0 Å². The third-order valence-corrected chi connectivity index (χ3v) is 4.27. The molecular formula is C16H18ClN5O2. The Hall–Kier alpha value is -2.54. The molecule has 1 aliphatic heterocycles. The summed E-state index contributed by atoms with van der Waals surface area (Å²) in [5, 5.41) is 0.603. The molecule has 8 heteroatoms. The molecule has 1 aliphatic rings. The minimum Gasteiger partial charge on any atom is -0.357 e. The SMILES string of the molecule is O=C(NNC(=O)C1CCN(c2ccc(Cl)cn2)CC1)c1ccc[nH]1. The first kappa shape index (κ1) is 16.3. The maximum atomic E-state index is 12.2. The van der Waals surface area contributed by atoms with Gasteiger partial charge in [0.2, 0.25) is 5.91 Å². The van der Waals surface area contributed by atoms with Gasteiger partial charge in [0.25, 0.3) is 5.91 Å². The zero-order valence-electron chi connectivity index (χ0n) is 13.0. The smallest absolute Gasteiger partial charge is 0.286 e. The van der Waals surface area contributed by atoms with Gasteiger partial charge < -0.3 is 9.88 Å². The fraction of sp³-hybridized carbons (Fsp3) is 0.312. The number of pyridine rings is 1. The van der Waals surface area contributed by atoms with E-state index in [0.717, 1.165) is 18.9 Å². The lowest BCUT2D eigenvalue weighted by atomic mass is 9.96. The molecule has 7 nitrogen and oxygen atoms in total. The van der Waals surface area contributed by atoms with Gasteiger partial charge in [-0.1, -0.05) is 11.6 Å². The fourth-order valence-electron chi connectivity index (χ4n) is 2.69. The number of carbonyl (C=O) groups is 2. The molecule has 0 aliphatic carbocycles. The van der Waals surface area contributed by atoms with Crippen LogP contribution < -0.4 is 15.8 Å². The molecule has 0 aromatic carbocycles. The van der Waals surface area contributed by atoms with E-state index in [1.54, 1.807) is 30.6 Å². The molecule has 2 aromatic heterocycles. The number of hydrogen-bond acceptors (Lipinski definition) is 4. The van der Waals surface area contributed by atoms with E-state index in [2.05, 4.69) is 25.7 Å². The Labute approximate surface area is 144 Å². The molecule has 0 atom stereocenters. The van der Waals surface area contributed by atoms with Crippen molar-refractivity contribution in [2.75, 3.05) is 18.0 Å². The number of amides is 2. The largest absolute Gasteiger partial charge is 0.357 e. The number of H-pyrrole nitrogens is 1. The Morgan fingerprint density at radius 2 is 2.00 bits per heavy atom. The Morgan fingerprint density at radius 1 is 1.21 bits per heavy atom. The predicted molar refractivity (Wildman–Crippen MR) is 90.6 cm³/mol. The molecule has 126 valence electrons. The van der Waals surface area contributed by atoms with Crippen LogP contribution in [0.4, 0.5) is 5.82 Å². The Morgan fingerprint density at radius 3 is 2.62 bits per heavy atom. The summed E-state index contributed by atoms with van der Waals surface area (Å²) < 4.78 is 0. The van der Waals surface area contributed by atoms with Gasteiger partial charge in [0.05, 0.1) is 5.02 Å². The lowest BCUT2D eigenvalue weighted by Gasteiger charge is -2.32. The highest BCUT2D eigenvalue weighted by molar-refractivity contribution is 6.30. The highest BCUT2D eigenvalue weighted by Gasteiger charge is 2.26. The molecule has 0 bridgehead atoms. The second kappa shape index (κ2) is 7.35. The van der Waals surface area contributed by atoms with Crippen LogP contribution in [0.15, 0.2) is 36.7 Å². The lowest BCUT2D eigenvalue weighted by molar-refractivity contribution is -0.126. The van der Waals surface area contributed by atoms with Crippen LogP contribution in [0.5, 0.6) is 0 Å². The third kappa shape index (κ3) is 3.86. The van der Waals surface area contributed by atoms with Crippen LogP contribution in [0.3, 0.4) is 0 Å². The van der Waals surface area contributed by atoms with Crippen LogP contribution >= 0.6 is 11.6 Å². The molecule has 0 saturated carbocycles. The van der Waals surface area contributed by atoms with Crippen LogP contribution in [-0.2, 0) is 4.79 Å². The minimum atomic E-state index is -0.365. The molecule has 2 aromatic rings. The number of nitrogens with one attached hydrogen (secondary N) is 3. The summed E-state index contributed by atoms with van der Waals surface area (Å²) in [7, 11) is 0. The van der Waals surface area contributed by atoms with Gasteiger partial charge in [-0.25, -0.2) is 4.98 Å². The molecule has 0 unspecified atom stereocenters. The zero-order valence-corrected chi connectivity index (χ0v) is 13.7. The summed E-state index contributed by atoms with van der Waals surface area (Å²) >= 11 is 5.84. The van der Waals surface area contributed by atoms with Gasteiger partial charge in [-0.3, -0.25) is 20.4 Å². The Bertz CT molecular complexity index is 694. The monoisotopic (exact) mass is 347 g/mol. The lowest BCUT2D eigenvalue weighted by Crippen LogP contribution is -2.47. The van der Waals surface area contributed by atoms with Gasteiger partial charge in [0.1, 0.15) is 11.5 Å². The standard InChI is InChI=1S/C16H18ClN5O2/c17-12-3-4-14(19-10-12)22-8-5-11(6-9-22)15(23)20-21-16(24)13-2-1-7-18-13/h1-4,7,10-11,18H,5-6,8-9H2,(H,20,23)(H,21,24). The number of rotatable bonds is 3. The molecular weight excluding hydrogens is 330 g/mol. The normalized spacial score (nSPS) is 15.1. The summed E-state index contributed by atoms with van der Waals surface area (Å²) in [5.74, 6) is 0.200. The maximum absolute atomic E-state index is 12.2. The Kier molecular flexibility index (Phi) is 5.00. The van der Waals surface area contributed by atoms with Crippen molar-refractivity contribution in [3.8, 4) is 0 Å². The van der Waals surface area contributed by atoms with Crippen molar-refractivity contribution >= 4 is 29.2 Å². The average molecular weight is 348 g/mol. The third-order valence-electron chi connectivity index (χ3n) is 4.04. The van der Waals surface area contributed by atoms with Gasteiger partial charge >= 0.3 is 0 Å². The van der Waals surface area contributed by atoms with E-state index in [9.17, 15) is 9.59 Å². The van der Waals surface area contributed by atoms with E-state index in [1.165, 1.54) is 0 Å². The summed E-state index contributed by atoms with van der Waals surface area (Å²) in [6, 6.07) is 7.04. The number of nitrogens with zero attached hydrogens (tertiary/aromatic N) is 2. The highest BCUT2D eigenvalue weighted by atomic mass is 35.5. The number of hydrogen-bond donors (Lipinski definition) is 3. The topological polar surface area (TPSA) is 90.1 Å². The number of aromatic amines is 1. The molecule has 3 N–H and O–H groups in total. The minimum absolute atomic E-state index is 0.127. The van der Waals surface area contributed by atoms with E-state index in [1.807, 2.05) is 6.07 Å². The van der Waals surface area contributed by atoms with Gasteiger partial charge in [-0.05, 0) is 37.1 Å². The number of aromatic nitrogens is 2. The first-order valence-corrected chi connectivity index (χ1v) is 8.11. The number of carbonyl (C=O) groups excluding carboxylic acids is 2. The van der Waals surface area contributed by atoms with E-state index < -0.39 is 0 Å². The second-order valence-corrected chi connectivity index (χ2v) is 6.06. The van der Waals surface area contributed by atoms with E-state index >= 15 is 0 Å². The first-order chi connectivity index (χ1) is 11.6. The molecule has 3 heterocycles. The summed E-state index contributed by atoms with van der Waals surface area (Å²) in [5.41, 5.74) is 5.32. The highest BCUT2D eigenvalue weighted by Crippen LogP contribution is 2.22. The molecule has 3 rings (SSSR count). The zero-order chi connectivity index (χ0) is 16.9. The molecule has 1 saturated heterocycles. The Balaban J connectivity index is 1.46. The van der Waals surface area contributed by atoms with Crippen LogP contribution in [0.1, 0.15) is 23.3 Å². The van der Waals surface area contributed by atoms with Crippen molar-refractivity contribution in [3.05, 3.63) is 47.4 Å². The van der Waals surface area contributed by atoms with Gasteiger partial charge in [-0.15, -0.1) is 0 Å². The maximum Gasteiger partial charge on any atom is 0.286 e. The number of anilines is 1. The van der Waals surface area contributed by atoms with Crippen LogP contribution in [0, 0.1) is 5.92 Å². The molecule has 0 spiro atoms. The molecule has 24 heavy (non-hydrogen) atoms. The fourth-order valence-corrected chi connectivity index (χ4v) is 2.80. The van der Waals surface area contributed by atoms with Crippen molar-refractivity contribution in [1.29, 1.82) is 0 Å². The van der Waals surface area contributed by atoms with E-state index in [0.29, 0.717) is 23.6 Å². The van der Waals surface area contributed by atoms with Crippen LogP contribution in [0.2, 0.25) is 5.02 Å². The van der Waals surface area contributed by atoms with Crippen molar-refractivity contribution in [2.45, 2.75) is 12.8 Å². The molecule has 2 amide bonds. The van der Waals surface area contributed by atoms with Gasteiger partial charge in [0, 0.05) is 31.4 Å². The quantitative estimate of drug-likeness (QED) is 0.738. The first-order valence-electron chi connectivity index (χ1n) is 7.73. The summed E-state index contributed by atoms with van der Waals surface area (Å²) in [4.78, 5) is 33.1. The second-order valence-electron chi connectivity index (χ2n) is 5.62. The van der Waals surface area contributed by atoms with E-state index in [-0.39, 0.29) is 17.7 Å². The van der Waals surface area contributed by atoms with Crippen LogP contribution in [-0.4, -0.2) is 34.9 Å². The van der Waals surface area contributed by atoms with Crippen molar-refractivity contribution in [1.82, 2.24) is 20.8 Å². The van der Waals surface area contributed by atoms with Gasteiger partial charge in [-0.2, -0.15) is 0 Å². The average Bonchev–Trinajstić information content (AvgIpc) is 3.15. The predicted octanol–water partition coefficient (Wildman–Crippen LogP) is 1.74. The number of halogens is 1. The van der Waals surface area contributed by atoms with E-state index in [4.69, 9.17) is 11.6 Å².